The molecule has 232 valence electrons. The van der Waals surface area contributed by atoms with E-state index in [1.807, 2.05) is 41.0 Å². The zero-order valence-corrected chi connectivity index (χ0v) is 26.2. The van der Waals surface area contributed by atoms with Crippen LogP contribution >= 0.6 is 23.2 Å². The van der Waals surface area contributed by atoms with Gasteiger partial charge in [0.15, 0.2) is 0 Å². The van der Waals surface area contributed by atoms with E-state index in [1.54, 1.807) is 50.8 Å². The number of ether oxygens (including phenoxy) is 2. The van der Waals surface area contributed by atoms with Crippen molar-refractivity contribution in [3.8, 4) is 11.8 Å². The quantitative estimate of drug-likeness (QED) is 0.192. The van der Waals surface area contributed by atoms with E-state index in [-0.39, 0.29) is 36.4 Å². The van der Waals surface area contributed by atoms with E-state index in [0.717, 1.165) is 16.8 Å². The predicted octanol–water partition coefficient (Wildman–Crippen LogP) is 5.06. The molecule has 2 amide bonds. The van der Waals surface area contributed by atoms with Crippen LogP contribution in [0.5, 0.6) is 11.8 Å². The summed E-state index contributed by atoms with van der Waals surface area (Å²) in [5, 5.41) is 3.29. The summed E-state index contributed by atoms with van der Waals surface area (Å²) in [5.74, 6) is 0.293. The normalized spacial score (nSPS) is 10.9. The summed E-state index contributed by atoms with van der Waals surface area (Å²) in [6, 6.07) is 18.5. The van der Waals surface area contributed by atoms with Crippen LogP contribution in [0.1, 0.15) is 23.2 Å². The fourth-order valence-corrected chi connectivity index (χ4v) is 5.27. The maximum Gasteiger partial charge on any atom is 0.297 e. The van der Waals surface area contributed by atoms with Gasteiger partial charge in [0.25, 0.3) is 6.01 Å². The lowest BCUT2D eigenvalue weighted by Crippen LogP contribution is -2.38. The minimum atomic E-state index is -0.357. The number of aromatic nitrogens is 4. The van der Waals surface area contributed by atoms with Crippen LogP contribution in [0.25, 0.3) is 11.0 Å². The Balaban J connectivity index is 1.26. The zero-order valence-electron chi connectivity index (χ0n) is 24.7. The predicted molar refractivity (Wildman–Crippen MR) is 174 cm³/mol. The molecule has 13 heteroatoms. The number of imidazole rings is 1. The van der Waals surface area contributed by atoms with Crippen LogP contribution in [0.3, 0.4) is 0 Å². The summed E-state index contributed by atoms with van der Waals surface area (Å²) in [6.45, 7) is 0.272. The van der Waals surface area contributed by atoms with Crippen molar-refractivity contribution >= 4 is 57.6 Å². The number of hydrogen-bond acceptors (Lipinski definition) is 8. The van der Waals surface area contributed by atoms with Crippen LogP contribution in [0.15, 0.2) is 73.1 Å². The first-order valence-electron chi connectivity index (χ1n) is 14.0. The van der Waals surface area contributed by atoms with Crippen LogP contribution in [-0.4, -0.2) is 52.0 Å². The Hall–Kier alpha value is -4.87. The smallest absolute Gasteiger partial charge is 0.297 e. The summed E-state index contributed by atoms with van der Waals surface area (Å²) in [4.78, 5) is 39.8. The van der Waals surface area contributed by atoms with Crippen molar-refractivity contribution in [2.45, 2.75) is 26.0 Å². The van der Waals surface area contributed by atoms with Gasteiger partial charge in [0.2, 0.25) is 11.8 Å². The third-order valence-corrected chi connectivity index (χ3v) is 7.91. The standard InChI is InChI=1S/C32H31Cl2N7O4/c1-40(29(43)17-38-28(42)14-10-20-9-13-27(35)37-16-20)24-12-11-23(33)22(30(24)34)19-45-26-8-5-7-25-31(26)39-32(44-2)41(25)18-21-6-3-4-15-36-21/h3-9,11-13,15-16H,10,14,17-19H2,1-2H3,(H2,35,37)(H,38,42). The Labute approximate surface area is 269 Å². The van der Waals surface area contributed by atoms with Crippen LogP contribution in [0.4, 0.5) is 11.5 Å². The molecule has 2 aromatic carbocycles. The average molecular weight is 649 g/mol. The summed E-state index contributed by atoms with van der Waals surface area (Å²) in [6.07, 6.45) is 4.03. The second kappa shape index (κ2) is 14.3. The van der Waals surface area contributed by atoms with Crippen LogP contribution < -0.4 is 25.4 Å². The van der Waals surface area contributed by atoms with Crippen molar-refractivity contribution in [2.24, 2.45) is 0 Å². The molecule has 3 heterocycles. The fourth-order valence-electron chi connectivity index (χ4n) is 4.66. The maximum atomic E-state index is 13.0. The maximum absolute atomic E-state index is 13.0. The number of pyridine rings is 2. The van der Waals surface area contributed by atoms with E-state index in [0.29, 0.717) is 52.3 Å². The highest BCUT2D eigenvalue weighted by Crippen LogP contribution is 2.36. The SMILES string of the molecule is COc1nc2c(OCc3c(Cl)ccc(N(C)C(=O)CNC(=O)CCc4ccc(N)nc4)c3Cl)cccc2n1Cc1ccccn1. The number of carbonyl (C=O) groups is 2. The van der Waals surface area contributed by atoms with Gasteiger partial charge in [-0.3, -0.25) is 19.1 Å². The molecule has 0 fully saturated rings. The summed E-state index contributed by atoms with van der Waals surface area (Å²) in [7, 11) is 3.14. The van der Waals surface area contributed by atoms with E-state index < -0.39 is 0 Å². The first-order chi connectivity index (χ1) is 21.7. The number of halogens is 2. The van der Waals surface area contributed by atoms with Gasteiger partial charge in [-0.2, -0.15) is 4.98 Å². The largest absolute Gasteiger partial charge is 0.486 e. The van der Waals surface area contributed by atoms with Gasteiger partial charge in [0, 0.05) is 36.4 Å². The van der Waals surface area contributed by atoms with Gasteiger partial charge in [0.05, 0.1) is 42.1 Å². The molecule has 11 nitrogen and oxygen atoms in total. The molecule has 0 aliphatic heterocycles. The fraction of sp³-hybridized carbons (Fsp3) is 0.219. The Morgan fingerprint density at radius 1 is 1.04 bits per heavy atom. The number of nitrogens with two attached hydrogens (primary N) is 1. The monoisotopic (exact) mass is 647 g/mol. The molecule has 5 rings (SSSR count). The van der Waals surface area contributed by atoms with Crippen molar-refractivity contribution in [3.63, 3.8) is 0 Å². The summed E-state index contributed by atoms with van der Waals surface area (Å²) < 4.78 is 13.7. The van der Waals surface area contributed by atoms with Crippen LogP contribution in [0, 0.1) is 0 Å². The molecule has 3 N–H and O–H groups in total. The topological polar surface area (TPSA) is 137 Å². The number of rotatable bonds is 12. The number of anilines is 2. The van der Waals surface area contributed by atoms with Crippen LogP contribution in [-0.2, 0) is 29.2 Å². The summed E-state index contributed by atoms with van der Waals surface area (Å²) >= 11 is 13.3. The lowest BCUT2D eigenvalue weighted by Gasteiger charge is -2.21. The first-order valence-corrected chi connectivity index (χ1v) is 14.8. The van der Waals surface area contributed by atoms with E-state index in [2.05, 4.69) is 20.3 Å². The molecule has 45 heavy (non-hydrogen) atoms. The zero-order chi connectivity index (χ0) is 31.9. The highest BCUT2D eigenvalue weighted by molar-refractivity contribution is 6.38. The number of aryl methyl sites for hydroxylation is 1. The molecule has 0 unspecified atom stereocenters. The molecule has 0 spiro atoms. The average Bonchev–Trinajstić information content (AvgIpc) is 3.41. The van der Waals surface area contributed by atoms with E-state index >= 15 is 0 Å². The molecule has 0 saturated carbocycles. The Morgan fingerprint density at radius 2 is 1.89 bits per heavy atom. The van der Waals surface area contributed by atoms with Gasteiger partial charge < -0.3 is 25.4 Å². The third-order valence-electron chi connectivity index (χ3n) is 7.13. The number of likely N-dealkylation sites (N-methyl/N-ethyl adjacent to an activating group) is 1. The number of fused-ring (bicyclic) bond motifs is 1. The number of nitrogen functional groups attached to an aromatic ring is 1. The molecule has 0 bridgehead atoms. The minimum absolute atomic E-state index is 0.0127. The van der Waals surface area contributed by atoms with Gasteiger partial charge in [-0.25, -0.2) is 4.98 Å². The molecular weight excluding hydrogens is 617 g/mol. The summed E-state index contributed by atoms with van der Waals surface area (Å²) in [5.41, 5.74) is 9.65. The number of hydrogen-bond donors (Lipinski definition) is 2. The van der Waals surface area contributed by atoms with Crippen LogP contribution in [0.2, 0.25) is 10.0 Å². The molecule has 3 aromatic heterocycles. The molecule has 0 aliphatic rings. The number of nitrogens with zero attached hydrogens (tertiary/aromatic N) is 5. The van der Waals surface area contributed by atoms with Crippen molar-refractivity contribution in [1.82, 2.24) is 24.8 Å². The Morgan fingerprint density at radius 3 is 2.62 bits per heavy atom. The van der Waals surface area contributed by atoms with E-state index in [1.165, 1.54) is 4.90 Å². The van der Waals surface area contributed by atoms with Crippen molar-refractivity contribution in [3.05, 3.63) is 99.9 Å². The second-order valence-corrected chi connectivity index (χ2v) is 10.9. The lowest BCUT2D eigenvalue weighted by molar-refractivity contribution is -0.124. The number of amides is 2. The Kier molecular flexibility index (Phi) is 10.0. The number of para-hydroxylation sites is 1. The highest BCUT2D eigenvalue weighted by atomic mass is 35.5. The minimum Gasteiger partial charge on any atom is -0.486 e. The molecule has 0 aliphatic carbocycles. The third kappa shape index (κ3) is 7.44. The molecular formula is C32H31Cl2N7O4. The molecule has 0 atom stereocenters. The number of benzene rings is 2. The van der Waals surface area contributed by atoms with Gasteiger partial charge in [-0.15, -0.1) is 0 Å². The van der Waals surface area contributed by atoms with Crippen molar-refractivity contribution < 1.29 is 19.1 Å². The molecule has 0 saturated heterocycles. The van der Waals surface area contributed by atoms with E-state index in [4.69, 9.17) is 38.4 Å². The number of carbonyl (C=O) groups excluding carboxylic acids is 2. The lowest BCUT2D eigenvalue weighted by atomic mass is 10.1. The van der Waals surface area contributed by atoms with Gasteiger partial charge >= 0.3 is 0 Å². The van der Waals surface area contributed by atoms with Gasteiger partial charge in [-0.1, -0.05) is 41.4 Å². The van der Waals surface area contributed by atoms with Crippen molar-refractivity contribution in [1.29, 1.82) is 0 Å². The number of nitrogens with one attached hydrogen (secondary N) is 1. The van der Waals surface area contributed by atoms with Crippen molar-refractivity contribution in [2.75, 3.05) is 31.3 Å². The molecule has 5 aromatic rings. The Bertz CT molecular complexity index is 1810. The van der Waals surface area contributed by atoms with Gasteiger partial charge in [0.1, 0.15) is 23.7 Å². The first kappa shape index (κ1) is 31.6. The highest BCUT2D eigenvalue weighted by Gasteiger charge is 2.21. The number of methoxy groups -OCH3 is 1. The molecule has 0 radical (unpaired) electrons. The second-order valence-electron chi connectivity index (χ2n) is 10.1. The van der Waals surface area contributed by atoms with Gasteiger partial charge in [-0.05, 0) is 54.4 Å². The van der Waals surface area contributed by atoms with E-state index in [9.17, 15) is 9.59 Å².